The molecule has 24 heavy (non-hydrogen) atoms. The Morgan fingerprint density at radius 2 is 2.17 bits per heavy atom. The van der Waals surface area contributed by atoms with Gasteiger partial charge < -0.3 is 19.7 Å². The van der Waals surface area contributed by atoms with Crippen LogP contribution in [0.3, 0.4) is 0 Å². The second-order valence-electron chi connectivity index (χ2n) is 6.90. The summed E-state index contributed by atoms with van der Waals surface area (Å²) >= 11 is 0. The molecule has 3 aliphatic rings. The highest BCUT2D eigenvalue weighted by molar-refractivity contribution is 6.01. The highest BCUT2D eigenvalue weighted by Crippen LogP contribution is 2.56. The third kappa shape index (κ3) is 2.01. The zero-order valence-corrected chi connectivity index (χ0v) is 13.5. The van der Waals surface area contributed by atoms with E-state index in [2.05, 4.69) is 6.58 Å². The molecule has 6 atom stereocenters. The molecule has 1 saturated carbocycles. The molecule has 2 fully saturated rings. The summed E-state index contributed by atoms with van der Waals surface area (Å²) in [5.74, 6) is -3.11. The molecule has 6 unspecified atom stereocenters. The molecule has 0 amide bonds. The first-order chi connectivity index (χ1) is 11.1. The third-order valence-corrected chi connectivity index (χ3v) is 5.68. The zero-order valence-electron chi connectivity index (χ0n) is 13.5. The Bertz CT molecular complexity index is 666. The van der Waals surface area contributed by atoms with Gasteiger partial charge in [-0.1, -0.05) is 6.58 Å². The molecular formula is C17H20O7. The molecule has 1 heterocycles. The van der Waals surface area contributed by atoms with Crippen LogP contribution in [0.4, 0.5) is 0 Å². The van der Waals surface area contributed by atoms with Crippen molar-refractivity contribution in [2.75, 3.05) is 6.61 Å². The highest BCUT2D eigenvalue weighted by atomic mass is 16.6. The summed E-state index contributed by atoms with van der Waals surface area (Å²) in [6, 6.07) is 0. The molecule has 2 aliphatic carbocycles. The van der Waals surface area contributed by atoms with Crippen molar-refractivity contribution in [3.8, 4) is 0 Å². The van der Waals surface area contributed by atoms with Crippen molar-refractivity contribution in [1.82, 2.24) is 0 Å². The largest absolute Gasteiger partial charge is 0.465 e. The lowest BCUT2D eigenvalue weighted by atomic mass is 9.64. The van der Waals surface area contributed by atoms with Gasteiger partial charge in [0.15, 0.2) is 5.78 Å². The van der Waals surface area contributed by atoms with E-state index in [1.807, 2.05) is 0 Å². The van der Waals surface area contributed by atoms with Gasteiger partial charge in [0.2, 0.25) is 0 Å². The number of esters is 2. The van der Waals surface area contributed by atoms with Crippen LogP contribution in [0.25, 0.3) is 0 Å². The maximum Gasteiger partial charge on any atom is 0.334 e. The fraction of sp³-hybridized carbons (Fsp3) is 0.588. The predicted molar refractivity (Wildman–Crippen MR) is 80.5 cm³/mol. The van der Waals surface area contributed by atoms with Crippen molar-refractivity contribution >= 4 is 17.7 Å². The summed E-state index contributed by atoms with van der Waals surface area (Å²) in [5, 5.41) is 21.9. The van der Waals surface area contributed by atoms with Gasteiger partial charge in [0, 0.05) is 18.4 Å². The lowest BCUT2D eigenvalue weighted by molar-refractivity contribution is -0.170. The molecule has 3 rings (SSSR count). The first kappa shape index (κ1) is 16.9. The number of carbonyl (C=O) groups is 3. The second kappa shape index (κ2) is 5.26. The molecule has 130 valence electrons. The van der Waals surface area contributed by atoms with E-state index >= 15 is 0 Å². The van der Waals surface area contributed by atoms with E-state index in [0.717, 1.165) is 0 Å². The molecule has 2 N–H and O–H groups in total. The molecule has 1 aliphatic heterocycles. The van der Waals surface area contributed by atoms with Crippen LogP contribution in [0.5, 0.6) is 0 Å². The molecular weight excluding hydrogens is 316 g/mol. The van der Waals surface area contributed by atoms with Crippen LogP contribution in [-0.4, -0.2) is 52.4 Å². The molecule has 0 aromatic carbocycles. The zero-order chi connectivity index (χ0) is 17.9. The van der Waals surface area contributed by atoms with Gasteiger partial charge in [-0.05, 0) is 25.5 Å². The summed E-state index contributed by atoms with van der Waals surface area (Å²) in [7, 11) is 0. The van der Waals surface area contributed by atoms with E-state index in [-0.39, 0.29) is 18.6 Å². The van der Waals surface area contributed by atoms with Gasteiger partial charge >= 0.3 is 11.9 Å². The average molecular weight is 336 g/mol. The van der Waals surface area contributed by atoms with Gasteiger partial charge in [-0.2, -0.15) is 0 Å². The number of aliphatic hydroxyl groups excluding tert-OH is 1. The lowest BCUT2D eigenvalue weighted by Crippen LogP contribution is -2.58. The summed E-state index contributed by atoms with van der Waals surface area (Å²) < 4.78 is 10.4. The van der Waals surface area contributed by atoms with E-state index in [4.69, 9.17) is 9.47 Å². The van der Waals surface area contributed by atoms with Gasteiger partial charge in [0.25, 0.3) is 0 Å². The smallest absolute Gasteiger partial charge is 0.334 e. The topological polar surface area (TPSA) is 110 Å². The minimum absolute atomic E-state index is 0.0355. The SMILES string of the molecule is C=C1C(=O)OC2C1C(O)CC(COC(C)=O)C1(O)C=CC(=O)C21C. The van der Waals surface area contributed by atoms with Crippen molar-refractivity contribution in [1.29, 1.82) is 0 Å². The molecule has 0 aromatic rings. The van der Waals surface area contributed by atoms with E-state index < -0.39 is 52.8 Å². The van der Waals surface area contributed by atoms with Crippen molar-refractivity contribution < 1.29 is 34.1 Å². The van der Waals surface area contributed by atoms with E-state index in [1.54, 1.807) is 0 Å². The molecule has 7 nitrogen and oxygen atoms in total. The number of ketones is 1. The van der Waals surface area contributed by atoms with Crippen molar-refractivity contribution in [2.24, 2.45) is 17.3 Å². The standard InChI is InChI=1S/C17H20O7/c1-8-13-11(19)6-10(7-23-9(2)18)17(22)5-4-12(20)16(17,3)14(13)24-15(8)21/h4-5,10-11,13-14,19,22H,1,6-7H2,2-3H3. The van der Waals surface area contributed by atoms with Gasteiger partial charge in [-0.25, -0.2) is 4.79 Å². The van der Waals surface area contributed by atoms with Crippen LogP contribution in [-0.2, 0) is 23.9 Å². The van der Waals surface area contributed by atoms with Crippen LogP contribution in [0.1, 0.15) is 20.3 Å². The number of ether oxygens (including phenoxy) is 2. The number of hydrogen-bond donors (Lipinski definition) is 2. The minimum atomic E-state index is -1.70. The maximum absolute atomic E-state index is 12.6. The Morgan fingerprint density at radius 1 is 1.50 bits per heavy atom. The van der Waals surface area contributed by atoms with Gasteiger partial charge in [-0.3, -0.25) is 9.59 Å². The number of fused-ring (bicyclic) bond motifs is 3. The first-order valence-electron chi connectivity index (χ1n) is 7.80. The molecule has 0 spiro atoms. The van der Waals surface area contributed by atoms with Crippen LogP contribution in [0.2, 0.25) is 0 Å². The van der Waals surface area contributed by atoms with Crippen LogP contribution >= 0.6 is 0 Å². The number of rotatable bonds is 2. The summed E-state index contributed by atoms with van der Waals surface area (Å²) in [6.07, 6.45) is 0.565. The van der Waals surface area contributed by atoms with Gasteiger partial charge in [0.1, 0.15) is 17.1 Å². The van der Waals surface area contributed by atoms with Crippen LogP contribution in [0, 0.1) is 17.3 Å². The first-order valence-corrected chi connectivity index (χ1v) is 7.80. The molecule has 0 aromatic heterocycles. The average Bonchev–Trinajstić information content (AvgIpc) is 2.91. The van der Waals surface area contributed by atoms with E-state index in [0.29, 0.717) is 0 Å². The molecule has 0 bridgehead atoms. The normalized spacial score (nSPS) is 43.9. The van der Waals surface area contributed by atoms with Crippen molar-refractivity contribution in [2.45, 2.75) is 38.1 Å². The minimum Gasteiger partial charge on any atom is -0.465 e. The maximum atomic E-state index is 12.6. The number of allylic oxidation sites excluding steroid dienone is 1. The predicted octanol–water partition coefficient (Wildman–Crippen LogP) is -0.0956. The highest BCUT2D eigenvalue weighted by Gasteiger charge is 2.69. The second-order valence-corrected chi connectivity index (χ2v) is 6.90. The molecule has 0 radical (unpaired) electrons. The number of carbonyl (C=O) groups excluding carboxylic acids is 3. The number of hydrogen-bond acceptors (Lipinski definition) is 7. The van der Waals surface area contributed by atoms with Crippen LogP contribution < -0.4 is 0 Å². The summed E-state index contributed by atoms with van der Waals surface area (Å²) in [5.41, 5.74) is -3.09. The van der Waals surface area contributed by atoms with E-state index in [9.17, 15) is 24.6 Å². The van der Waals surface area contributed by atoms with Crippen LogP contribution in [0.15, 0.2) is 24.3 Å². The van der Waals surface area contributed by atoms with Crippen molar-refractivity contribution in [3.05, 3.63) is 24.3 Å². The quantitative estimate of drug-likeness (QED) is 0.535. The molecule has 7 heteroatoms. The lowest BCUT2D eigenvalue weighted by Gasteiger charge is -2.43. The van der Waals surface area contributed by atoms with Gasteiger partial charge in [-0.15, -0.1) is 0 Å². The van der Waals surface area contributed by atoms with Crippen molar-refractivity contribution in [3.63, 3.8) is 0 Å². The monoisotopic (exact) mass is 336 g/mol. The fourth-order valence-electron chi connectivity index (χ4n) is 4.20. The van der Waals surface area contributed by atoms with Gasteiger partial charge in [0.05, 0.1) is 18.6 Å². The third-order valence-electron chi connectivity index (χ3n) is 5.68. The number of aliphatic hydroxyl groups is 2. The summed E-state index contributed by atoms with van der Waals surface area (Å²) in [6.45, 7) is 6.27. The Labute approximate surface area is 138 Å². The Balaban J connectivity index is 2.09. The molecule has 1 saturated heterocycles. The Hall–Kier alpha value is -1.99. The fourth-order valence-corrected chi connectivity index (χ4v) is 4.20. The Kier molecular flexibility index (Phi) is 3.69. The Morgan fingerprint density at radius 3 is 2.79 bits per heavy atom. The summed E-state index contributed by atoms with van der Waals surface area (Å²) in [4.78, 5) is 35.6. The van der Waals surface area contributed by atoms with E-state index in [1.165, 1.54) is 26.0 Å².